The lowest BCUT2D eigenvalue weighted by atomic mass is 9.70. The van der Waals surface area contributed by atoms with Gasteiger partial charge in [-0.3, -0.25) is 4.90 Å². The zero-order chi connectivity index (χ0) is 13.2. The summed E-state index contributed by atoms with van der Waals surface area (Å²) in [5.41, 5.74) is 6.42. The molecule has 1 saturated heterocycles. The Hall–Kier alpha value is -0.120. The molecule has 3 unspecified atom stereocenters. The fourth-order valence-corrected chi connectivity index (χ4v) is 3.79. The smallest absolute Gasteiger partial charge is 0.0480 e. The van der Waals surface area contributed by atoms with Crippen LogP contribution in [0.3, 0.4) is 0 Å². The highest BCUT2D eigenvalue weighted by molar-refractivity contribution is 4.98. The van der Waals surface area contributed by atoms with Gasteiger partial charge in [0.05, 0.1) is 0 Å². The Morgan fingerprint density at radius 3 is 2.39 bits per heavy atom. The molecular formula is C15H30N2O. The third kappa shape index (κ3) is 2.73. The standard InChI is InChI=1S/C15H30N2O/c1-12-4-7-15(11-16,10-13(12)2)17(3)14-5-8-18-9-6-14/h12-14H,4-11,16H2,1-3H3. The van der Waals surface area contributed by atoms with Crippen LogP contribution in [0.4, 0.5) is 0 Å². The van der Waals surface area contributed by atoms with Gasteiger partial charge in [0.25, 0.3) is 0 Å². The second-order valence-electron chi connectivity index (χ2n) is 6.58. The molecule has 3 heteroatoms. The molecule has 3 atom stereocenters. The SMILES string of the molecule is CC1CCC(CN)(N(C)C2CCOCC2)CC1C. The second kappa shape index (κ2) is 5.89. The van der Waals surface area contributed by atoms with Gasteiger partial charge in [-0.2, -0.15) is 0 Å². The van der Waals surface area contributed by atoms with Crippen molar-refractivity contribution in [1.29, 1.82) is 0 Å². The Balaban J connectivity index is 2.06. The molecule has 1 aliphatic carbocycles. The average molecular weight is 254 g/mol. The van der Waals surface area contributed by atoms with Crippen LogP contribution in [0.5, 0.6) is 0 Å². The molecule has 106 valence electrons. The van der Waals surface area contributed by atoms with Gasteiger partial charge in [0.1, 0.15) is 0 Å². The number of hydrogen-bond acceptors (Lipinski definition) is 3. The molecule has 0 spiro atoms. The summed E-state index contributed by atoms with van der Waals surface area (Å²) in [4.78, 5) is 2.61. The normalized spacial score (nSPS) is 39.2. The number of nitrogens with zero attached hydrogens (tertiary/aromatic N) is 1. The van der Waals surface area contributed by atoms with Crippen LogP contribution in [-0.2, 0) is 4.74 Å². The Bertz CT molecular complexity index is 265. The van der Waals surface area contributed by atoms with Crippen molar-refractivity contribution in [2.45, 2.75) is 57.5 Å². The highest BCUT2D eigenvalue weighted by Crippen LogP contribution is 2.40. The van der Waals surface area contributed by atoms with Gasteiger partial charge in [-0.1, -0.05) is 13.8 Å². The maximum absolute atomic E-state index is 6.18. The molecule has 2 aliphatic rings. The molecule has 0 aromatic heterocycles. The first-order valence-electron chi connectivity index (χ1n) is 7.60. The zero-order valence-electron chi connectivity index (χ0n) is 12.3. The third-order valence-corrected chi connectivity index (χ3v) is 5.61. The maximum Gasteiger partial charge on any atom is 0.0480 e. The minimum Gasteiger partial charge on any atom is -0.381 e. The number of hydrogen-bond donors (Lipinski definition) is 1. The van der Waals surface area contributed by atoms with E-state index in [2.05, 4.69) is 25.8 Å². The minimum absolute atomic E-state index is 0.244. The molecule has 0 radical (unpaired) electrons. The van der Waals surface area contributed by atoms with Gasteiger partial charge in [0.15, 0.2) is 0 Å². The van der Waals surface area contributed by atoms with Crippen molar-refractivity contribution in [2.75, 3.05) is 26.8 Å². The first-order valence-corrected chi connectivity index (χ1v) is 7.60. The highest BCUT2D eigenvalue weighted by atomic mass is 16.5. The van der Waals surface area contributed by atoms with Crippen LogP contribution in [0, 0.1) is 11.8 Å². The van der Waals surface area contributed by atoms with E-state index in [0.717, 1.165) is 31.6 Å². The van der Waals surface area contributed by atoms with Crippen molar-refractivity contribution < 1.29 is 4.74 Å². The molecule has 18 heavy (non-hydrogen) atoms. The molecule has 1 heterocycles. The Kier molecular flexibility index (Phi) is 4.68. The van der Waals surface area contributed by atoms with Crippen LogP contribution in [0.25, 0.3) is 0 Å². The Morgan fingerprint density at radius 2 is 1.83 bits per heavy atom. The summed E-state index contributed by atoms with van der Waals surface area (Å²) in [5.74, 6) is 1.65. The minimum atomic E-state index is 0.244. The largest absolute Gasteiger partial charge is 0.381 e. The summed E-state index contributed by atoms with van der Waals surface area (Å²) in [6.45, 7) is 7.42. The molecule has 2 N–H and O–H groups in total. The summed E-state index contributed by atoms with van der Waals surface area (Å²) >= 11 is 0. The van der Waals surface area contributed by atoms with E-state index >= 15 is 0 Å². The van der Waals surface area contributed by atoms with E-state index in [4.69, 9.17) is 10.5 Å². The van der Waals surface area contributed by atoms with Crippen molar-refractivity contribution in [3.63, 3.8) is 0 Å². The quantitative estimate of drug-likeness (QED) is 0.839. The lowest BCUT2D eigenvalue weighted by molar-refractivity contribution is -0.0313. The fraction of sp³-hybridized carbons (Fsp3) is 1.00. The first-order chi connectivity index (χ1) is 8.59. The summed E-state index contributed by atoms with van der Waals surface area (Å²) in [6.07, 6.45) is 6.19. The maximum atomic E-state index is 6.18. The molecule has 2 rings (SSSR count). The van der Waals surface area contributed by atoms with Gasteiger partial charge >= 0.3 is 0 Å². The van der Waals surface area contributed by atoms with Gasteiger partial charge in [0, 0.05) is 31.3 Å². The van der Waals surface area contributed by atoms with Crippen molar-refractivity contribution >= 4 is 0 Å². The molecule has 0 bridgehead atoms. The predicted octanol–water partition coefficient (Wildman–Crippen LogP) is 2.25. The topological polar surface area (TPSA) is 38.5 Å². The summed E-state index contributed by atoms with van der Waals surface area (Å²) < 4.78 is 5.48. The molecule has 3 nitrogen and oxygen atoms in total. The van der Waals surface area contributed by atoms with Gasteiger partial charge in [-0.25, -0.2) is 0 Å². The molecule has 1 saturated carbocycles. The summed E-state index contributed by atoms with van der Waals surface area (Å²) in [6, 6.07) is 0.669. The average Bonchev–Trinajstić information content (AvgIpc) is 2.42. The van der Waals surface area contributed by atoms with Crippen LogP contribution in [0.2, 0.25) is 0 Å². The predicted molar refractivity (Wildman–Crippen MR) is 75.6 cm³/mol. The van der Waals surface area contributed by atoms with E-state index in [-0.39, 0.29) is 5.54 Å². The number of ether oxygens (including phenoxy) is 1. The van der Waals surface area contributed by atoms with Crippen LogP contribution in [0.1, 0.15) is 46.0 Å². The second-order valence-corrected chi connectivity index (χ2v) is 6.58. The van der Waals surface area contributed by atoms with E-state index in [1.807, 2.05) is 0 Å². The van der Waals surface area contributed by atoms with E-state index in [0.29, 0.717) is 6.04 Å². The Labute approximate surface area is 112 Å². The molecule has 2 fully saturated rings. The van der Waals surface area contributed by atoms with Gasteiger partial charge < -0.3 is 10.5 Å². The fourth-order valence-electron chi connectivity index (χ4n) is 3.79. The van der Waals surface area contributed by atoms with Crippen molar-refractivity contribution in [3.05, 3.63) is 0 Å². The van der Waals surface area contributed by atoms with Gasteiger partial charge in [0.2, 0.25) is 0 Å². The lowest BCUT2D eigenvalue weighted by Crippen LogP contribution is -2.59. The van der Waals surface area contributed by atoms with Crippen LogP contribution in [0.15, 0.2) is 0 Å². The molecule has 0 amide bonds. The van der Waals surface area contributed by atoms with Crippen LogP contribution in [-0.4, -0.2) is 43.3 Å². The molecular weight excluding hydrogens is 224 g/mol. The Morgan fingerprint density at radius 1 is 1.17 bits per heavy atom. The van der Waals surface area contributed by atoms with Crippen molar-refractivity contribution in [3.8, 4) is 0 Å². The number of nitrogens with two attached hydrogens (primary N) is 1. The summed E-state index contributed by atoms with van der Waals surface area (Å²) in [7, 11) is 2.30. The monoisotopic (exact) mass is 254 g/mol. The van der Waals surface area contributed by atoms with E-state index < -0.39 is 0 Å². The van der Waals surface area contributed by atoms with Crippen LogP contribution < -0.4 is 5.73 Å². The lowest BCUT2D eigenvalue weighted by Gasteiger charge is -2.51. The van der Waals surface area contributed by atoms with E-state index in [9.17, 15) is 0 Å². The van der Waals surface area contributed by atoms with Crippen molar-refractivity contribution in [2.24, 2.45) is 17.6 Å². The first kappa shape index (κ1) is 14.3. The van der Waals surface area contributed by atoms with Gasteiger partial charge in [-0.15, -0.1) is 0 Å². The number of rotatable bonds is 3. The molecule has 0 aromatic rings. The molecule has 0 aromatic carbocycles. The zero-order valence-corrected chi connectivity index (χ0v) is 12.3. The molecule has 1 aliphatic heterocycles. The van der Waals surface area contributed by atoms with Crippen LogP contribution >= 0.6 is 0 Å². The van der Waals surface area contributed by atoms with Crippen molar-refractivity contribution in [1.82, 2.24) is 4.90 Å². The van der Waals surface area contributed by atoms with E-state index in [1.54, 1.807) is 0 Å². The summed E-state index contributed by atoms with van der Waals surface area (Å²) in [5, 5.41) is 0. The highest BCUT2D eigenvalue weighted by Gasteiger charge is 2.42. The number of likely N-dealkylation sites (N-methyl/N-ethyl adjacent to an activating group) is 1. The third-order valence-electron chi connectivity index (χ3n) is 5.61. The van der Waals surface area contributed by atoms with Gasteiger partial charge in [-0.05, 0) is 51.0 Å². The van der Waals surface area contributed by atoms with E-state index in [1.165, 1.54) is 32.1 Å².